The van der Waals surface area contributed by atoms with Gasteiger partial charge in [0.15, 0.2) is 0 Å². The number of carbonyl (C=O) groups excluding carboxylic acids is 2. The van der Waals surface area contributed by atoms with Crippen LogP contribution in [0, 0.1) is 13.8 Å². The minimum absolute atomic E-state index is 0.0644. The third-order valence-corrected chi connectivity index (χ3v) is 5.46. The van der Waals surface area contributed by atoms with E-state index in [2.05, 4.69) is 34.5 Å². The average molecular weight is 375 g/mol. The molecule has 27 heavy (non-hydrogen) atoms. The number of nitrogens with zero attached hydrogens (tertiary/aromatic N) is 1. The van der Waals surface area contributed by atoms with Crippen LogP contribution in [0.2, 0.25) is 0 Å². The zero-order chi connectivity index (χ0) is 19.6. The molecule has 0 spiro atoms. The SMILES string of the molecule is COC(=O)CCCCCNC(=O)/C=C/c1cc(C)n(C2CCCCC2)c1C. The summed E-state index contributed by atoms with van der Waals surface area (Å²) in [7, 11) is 1.40. The minimum atomic E-state index is -0.173. The van der Waals surface area contributed by atoms with E-state index in [9.17, 15) is 9.59 Å². The summed E-state index contributed by atoms with van der Waals surface area (Å²) in [4.78, 5) is 23.1. The molecule has 1 N–H and O–H groups in total. The number of esters is 1. The normalized spacial score (nSPS) is 15.2. The van der Waals surface area contributed by atoms with Crippen molar-refractivity contribution in [2.75, 3.05) is 13.7 Å². The lowest BCUT2D eigenvalue weighted by atomic mass is 9.95. The van der Waals surface area contributed by atoms with Crippen molar-refractivity contribution >= 4 is 18.0 Å². The van der Waals surface area contributed by atoms with Crippen LogP contribution in [0.5, 0.6) is 0 Å². The number of aryl methyl sites for hydroxylation is 1. The highest BCUT2D eigenvalue weighted by Gasteiger charge is 2.19. The summed E-state index contributed by atoms with van der Waals surface area (Å²) in [6, 6.07) is 2.79. The van der Waals surface area contributed by atoms with Crippen LogP contribution in [0.15, 0.2) is 12.1 Å². The van der Waals surface area contributed by atoms with E-state index >= 15 is 0 Å². The molecule has 0 aliphatic heterocycles. The van der Waals surface area contributed by atoms with Crippen molar-refractivity contribution in [3.8, 4) is 0 Å². The van der Waals surface area contributed by atoms with E-state index < -0.39 is 0 Å². The number of hydrogen-bond acceptors (Lipinski definition) is 3. The third-order valence-electron chi connectivity index (χ3n) is 5.46. The predicted molar refractivity (Wildman–Crippen MR) is 109 cm³/mol. The van der Waals surface area contributed by atoms with Crippen molar-refractivity contribution in [3.05, 3.63) is 29.1 Å². The highest BCUT2D eigenvalue weighted by molar-refractivity contribution is 5.91. The molecule has 0 bridgehead atoms. The van der Waals surface area contributed by atoms with Gasteiger partial charge in [0.1, 0.15) is 0 Å². The number of ether oxygens (including phenoxy) is 1. The first-order valence-corrected chi connectivity index (χ1v) is 10.2. The lowest BCUT2D eigenvalue weighted by Crippen LogP contribution is -2.22. The van der Waals surface area contributed by atoms with Crippen LogP contribution in [-0.4, -0.2) is 30.1 Å². The molecule has 0 saturated heterocycles. The number of rotatable bonds is 9. The molecule has 5 nitrogen and oxygen atoms in total. The van der Waals surface area contributed by atoms with Gasteiger partial charge < -0.3 is 14.6 Å². The van der Waals surface area contributed by atoms with Crippen LogP contribution in [0.3, 0.4) is 0 Å². The van der Waals surface area contributed by atoms with Crippen LogP contribution < -0.4 is 5.32 Å². The Hall–Kier alpha value is -2.04. The average Bonchev–Trinajstić information content (AvgIpc) is 2.96. The van der Waals surface area contributed by atoms with Gasteiger partial charge in [0.2, 0.25) is 5.91 Å². The van der Waals surface area contributed by atoms with E-state index in [0.29, 0.717) is 19.0 Å². The van der Waals surface area contributed by atoms with Gasteiger partial charge in [0.25, 0.3) is 0 Å². The summed E-state index contributed by atoms with van der Waals surface area (Å²) in [5, 5.41) is 2.91. The van der Waals surface area contributed by atoms with E-state index in [1.807, 2.05) is 6.08 Å². The number of methoxy groups -OCH3 is 1. The zero-order valence-corrected chi connectivity index (χ0v) is 17.1. The summed E-state index contributed by atoms with van der Waals surface area (Å²) in [6.45, 7) is 4.94. The largest absolute Gasteiger partial charge is 0.469 e. The molecule has 1 aromatic rings. The van der Waals surface area contributed by atoms with E-state index in [4.69, 9.17) is 0 Å². The van der Waals surface area contributed by atoms with E-state index in [1.165, 1.54) is 50.6 Å². The molecule has 1 amide bonds. The molecule has 0 aromatic carbocycles. The summed E-state index contributed by atoms with van der Waals surface area (Å²) in [5.41, 5.74) is 3.67. The maximum Gasteiger partial charge on any atom is 0.305 e. The number of amides is 1. The van der Waals surface area contributed by atoms with Crippen molar-refractivity contribution < 1.29 is 14.3 Å². The van der Waals surface area contributed by atoms with Gasteiger partial charge in [-0.1, -0.05) is 25.7 Å². The zero-order valence-electron chi connectivity index (χ0n) is 17.1. The monoisotopic (exact) mass is 374 g/mol. The minimum Gasteiger partial charge on any atom is -0.469 e. The van der Waals surface area contributed by atoms with Crippen molar-refractivity contribution in [2.24, 2.45) is 0 Å². The lowest BCUT2D eigenvalue weighted by molar-refractivity contribution is -0.140. The second-order valence-electron chi connectivity index (χ2n) is 7.50. The Morgan fingerprint density at radius 1 is 1.19 bits per heavy atom. The Balaban J connectivity index is 1.78. The van der Waals surface area contributed by atoms with Gasteiger partial charge in [-0.3, -0.25) is 9.59 Å². The van der Waals surface area contributed by atoms with Gasteiger partial charge in [-0.2, -0.15) is 0 Å². The molecular weight excluding hydrogens is 340 g/mol. The van der Waals surface area contributed by atoms with Gasteiger partial charge in [-0.25, -0.2) is 0 Å². The Labute approximate surface area is 163 Å². The third kappa shape index (κ3) is 6.56. The Kier molecular flexibility index (Phi) is 8.62. The molecular formula is C22H34N2O3. The second kappa shape index (κ2) is 11.0. The van der Waals surface area contributed by atoms with Gasteiger partial charge in [-0.15, -0.1) is 0 Å². The first-order chi connectivity index (χ1) is 13.0. The molecule has 1 aliphatic carbocycles. The summed E-state index contributed by atoms with van der Waals surface area (Å²) in [6.07, 6.45) is 13.1. The summed E-state index contributed by atoms with van der Waals surface area (Å²) >= 11 is 0. The Morgan fingerprint density at radius 3 is 2.63 bits per heavy atom. The number of aromatic nitrogens is 1. The van der Waals surface area contributed by atoms with Crippen LogP contribution in [-0.2, 0) is 14.3 Å². The molecule has 5 heteroatoms. The molecule has 2 rings (SSSR count). The van der Waals surface area contributed by atoms with E-state index in [0.717, 1.165) is 24.8 Å². The number of carbonyl (C=O) groups is 2. The topological polar surface area (TPSA) is 60.3 Å². The fraction of sp³-hybridized carbons (Fsp3) is 0.636. The lowest BCUT2D eigenvalue weighted by Gasteiger charge is -2.26. The maximum absolute atomic E-state index is 12.0. The van der Waals surface area contributed by atoms with Crippen molar-refractivity contribution in [1.29, 1.82) is 0 Å². The fourth-order valence-corrected chi connectivity index (χ4v) is 3.98. The molecule has 150 valence electrons. The van der Waals surface area contributed by atoms with Crippen molar-refractivity contribution in [3.63, 3.8) is 0 Å². The second-order valence-corrected chi connectivity index (χ2v) is 7.50. The molecule has 1 heterocycles. The molecule has 1 fully saturated rings. The van der Waals surface area contributed by atoms with Crippen LogP contribution >= 0.6 is 0 Å². The molecule has 0 radical (unpaired) electrons. The highest BCUT2D eigenvalue weighted by atomic mass is 16.5. The number of unbranched alkanes of at least 4 members (excludes halogenated alkanes) is 2. The van der Waals surface area contributed by atoms with Gasteiger partial charge >= 0.3 is 5.97 Å². The van der Waals surface area contributed by atoms with Gasteiger partial charge in [-0.05, 0) is 57.2 Å². The first kappa shape index (κ1) is 21.3. The first-order valence-electron chi connectivity index (χ1n) is 10.2. The predicted octanol–water partition coefficient (Wildman–Crippen LogP) is 4.47. The highest BCUT2D eigenvalue weighted by Crippen LogP contribution is 2.32. The molecule has 0 unspecified atom stereocenters. The van der Waals surface area contributed by atoms with Gasteiger partial charge in [0.05, 0.1) is 7.11 Å². The van der Waals surface area contributed by atoms with Gasteiger partial charge in [0, 0.05) is 36.5 Å². The Morgan fingerprint density at radius 2 is 1.93 bits per heavy atom. The number of nitrogens with one attached hydrogen (secondary N) is 1. The van der Waals surface area contributed by atoms with E-state index in [1.54, 1.807) is 6.08 Å². The van der Waals surface area contributed by atoms with E-state index in [-0.39, 0.29) is 11.9 Å². The molecule has 1 aliphatic rings. The smallest absolute Gasteiger partial charge is 0.305 e. The summed E-state index contributed by atoms with van der Waals surface area (Å²) < 4.78 is 7.06. The maximum atomic E-state index is 12.0. The summed E-state index contributed by atoms with van der Waals surface area (Å²) in [5.74, 6) is -0.238. The van der Waals surface area contributed by atoms with Crippen LogP contribution in [0.1, 0.15) is 80.8 Å². The van der Waals surface area contributed by atoms with Crippen molar-refractivity contribution in [1.82, 2.24) is 9.88 Å². The van der Waals surface area contributed by atoms with Crippen LogP contribution in [0.4, 0.5) is 0 Å². The molecule has 1 aromatic heterocycles. The quantitative estimate of drug-likeness (QED) is 0.394. The molecule has 0 atom stereocenters. The molecule has 1 saturated carbocycles. The van der Waals surface area contributed by atoms with Crippen LogP contribution in [0.25, 0.3) is 6.08 Å². The number of hydrogen-bond donors (Lipinski definition) is 1. The van der Waals surface area contributed by atoms with Crippen molar-refractivity contribution in [2.45, 2.75) is 77.7 Å². The standard InChI is InChI=1S/C22H34N2O3/c1-17-16-19(18(2)24(17)20-10-6-4-7-11-20)13-14-21(25)23-15-9-5-8-12-22(26)27-3/h13-14,16,20H,4-12,15H2,1-3H3,(H,23,25)/b14-13+. The fourth-order valence-electron chi connectivity index (χ4n) is 3.98. The Bertz CT molecular complexity index is 655.